The molecule has 7 heteroatoms. The van der Waals surface area contributed by atoms with Gasteiger partial charge in [-0.05, 0) is 19.0 Å². The summed E-state index contributed by atoms with van der Waals surface area (Å²) in [4.78, 5) is 16.3. The Kier molecular flexibility index (Phi) is 5.72. The van der Waals surface area contributed by atoms with Crippen molar-refractivity contribution in [2.45, 2.75) is 0 Å². The molecule has 0 bridgehead atoms. The maximum atomic E-state index is 12.3. The largest absolute Gasteiger partial charge is 0.396 e. The molecule has 0 aliphatic carbocycles. The highest BCUT2D eigenvalue weighted by Gasteiger charge is 2.35. The molecule has 0 radical (unpaired) electrons. The second-order valence-corrected chi connectivity index (χ2v) is 5.64. The van der Waals surface area contributed by atoms with Crippen molar-refractivity contribution in [3.8, 4) is 0 Å². The molecule has 0 unspecified atom stereocenters. The normalized spacial score (nSPS) is 22.2. The summed E-state index contributed by atoms with van der Waals surface area (Å²) >= 11 is 0. The molecular formula is C14H24N4O3. The molecule has 1 saturated heterocycles. The van der Waals surface area contributed by atoms with Crippen LogP contribution in [0.3, 0.4) is 0 Å². The first-order chi connectivity index (χ1) is 10.2. The number of carbonyl (C=O) groups excluding carboxylic acids is 1. The minimum Gasteiger partial charge on any atom is -0.396 e. The van der Waals surface area contributed by atoms with Crippen molar-refractivity contribution < 1.29 is 14.6 Å². The number of carbonyl (C=O) groups is 1. The number of nitrogens with zero attached hydrogens (tertiary/aromatic N) is 3. The smallest absolute Gasteiger partial charge is 0.271 e. The molecule has 0 saturated carbocycles. The summed E-state index contributed by atoms with van der Waals surface area (Å²) in [6.45, 7) is 3.75. The third-order valence-electron chi connectivity index (χ3n) is 4.05. The van der Waals surface area contributed by atoms with E-state index in [4.69, 9.17) is 4.74 Å². The Morgan fingerprint density at radius 1 is 1.57 bits per heavy atom. The number of likely N-dealkylation sites (tertiary alicyclic amines) is 1. The van der Waals surface area contributed by atoms with Gasteiger partial charge in [-0.2, -0.15) is 5.10 Å². The molecule has 1 aliphatic heterocycles. The molecule has 2 heterocycles. The van der Waals surface area contributed by atoms with Crippen molar-refractivity contribution in [2.24, 2.45) is 11.8 Å². The maximum absolute atomic E-state index is 12.3. The lowest BCUT2D eigenvalue weighted by atomic mass is 9.96. The molecule has 2 rings (SSSR count). The lowest BCUT2D eigenvalue weighted by Gasteiger charge is -2.23. The fourth-order valence-corrected chi connectivity index (χ4v) is 2.80. The van der Waals surface area contributed by atoms with Gasteiger partial charge in [-0.15, -0.1) is 0 Å². The van der Waals surface area contributed by atoms with E-state index in [9.17, 15) is 9.90 Å². The van der Waals surface area contributed by atoms with Gasteiger partial charge in [-0.1, -0.05) is 0 Å². The van der Waals surface area contributed by atoms with Crippen molar-refractivity contribution in [3.63, 3.8) is 0 Å². The van der Waals surface area contributed by atoms with Gasteiger partial charge in [0.2, 0.25) is 0 Å². The van der Waals surface area contributed by atoms with E-state index in [0.29, 0.717) is 25.4 Å². The number of aliphatic hydroxyl groups excluding tert-OH is 1. The van der Waals surface area contributed by atoms with Crippen molar-refractivity contribution in [1.29, 1.82) is 0 Å². The number of nitrogens with one attached hydrogen (secondary N) is 1. The van der Waals surface area contributed by atoms with Gasteiger partial charge < -0.3 is 19.6 Å². The summed E-state index contributed by atoms with van der Waals surface area (Å²) < 4.78 is 5.07. The van der Waals surface area contributed by atoms with Crippen LogP contribution in [-0.4, -0.2) is 84.6 Å². The number of likely N-dealkylation sites (N-methyl/N-ethyl adjacent to an activating group) is 1. The Bertz CT molecular complexity index is 437. The lowest BCUT2D eigenvalue weighted by molar-refractivity contribution is 0.0773. The van der Waals surface area contributed by atoms with E-state index < -0.39 is 0 Å². The molecule has 1 aliphatic rings. The molecule has 2 atom stereocenters. The zero-order valence-corrected chi connectivity index (χ0v) is 12.7. The lowest BCUT2D eigenvalue weighted by Crippen LogP contribution is -2.33. The predicted molar refractivity (Wildman–Crippen MR) is 77.9 cm³/mol. The number of amides is 1. The summed E-state index contributed by atoms with van der Waals surface area (Å²) in [5.41, 5.74) is 0.500. The van der Waals surface area contributed by atoms with Gasteiger partial charge in [0, 0.05) is 52.0 Å². The maximum Gasteiger partial charge on any atom is 0.271 e. The van der Waals surface area contributed by atoms with Crippen molar-refractivity contribution in [3.05, 3.63) is 18.0 Å². The highest BCUT2D eigenvalue weighted by Crippen LogP contribution is 2.25. The molecule has 118 valence electrons. The fraction of sp³-hybridized carbons (Fsp3) is 0.714. The van der Waals surface area contributed by atoms with Gasteiger partial charge in [0.25, 0.3) is 5.91 Å². The Hall–Kier alpha value is -1.44. The molecule has 1 amide bonds. The number of methoxy groups -OCH3 is 1. The molecule has 21 heavy (non-hydrogen) atoms. The summed E-state index contributed by atoms with van der Waals surface area (Å²) in [5.74, 6) is 0.360. The van der Waals surface area contributed by atoms with Crippen molar-refractivity contribution in [1.82, 2.24) is 20.0 Å². The van der Waals surface area contributed by atoms with E-state index >= 15 is 0 Å². The minimum absolute atomic E-state index is 0.0482. The van der Waals surface area contributed by atoms with Gasteiger partial charge in [-0.25, -0.2) is 0 Å². The van der Waals surface area contributed by atoms with Crippen LogP contribution in [0.1, 0.15) is 10.5 Å². The second-order valence-electron chi connectivity index (χ2n) is 5.64. The minimum atomic E-state index is -0.0482. The molecule has 1 fully saturated rings. The highest BCUT2D eigenvalue weighted by atomic mass is 16.5. The Morgan fingerprint density at radius 3 is 2.95 bits per heavy atom. The summed E-state index contributed by atoms with van der Waals surface area (Å²) in [5, 5.41) is 16.1. The van der Waals surface area contributed by atoms with Crippen LogP contribution in [0.25, 0.3) is 0 Å². The first kappa shape index (κ1) is 15.9. The SMILES string of the molecule is COCCN(C)C[C@@H]1CN(C(=O)c2ccn[nH]2)C[C@@H]1CO. The number of rotatable bonds is 7. The Labute approximate surface area is 124 Å². The van der Waals surface area contributed by atoms with E-state index in [1.54, 1.807) is 24.3 Å². The molecule has 2 N–H and O–H groups in total. The zero-order chi connectivity index (χ0) is 15.2. The number of ether oxygens (including phenoxy) is 1. The number of hydrogen-bond acceptors (Lipinski definition) is 5. The van der Waals surface area contributed by atoms with E-state index in [1.165, 1.54) is 0 Å². The van der Waals surface area contributed by atoms with Crippen LogP contribution in [0.4, 0.5) is 0 Å². The second kappa shape index (κ2) is 7.53. The van der Waals surface area contributed by atoms with Crippen molar-refractivity contribution >= 4 is 5.91 Å². The monoisotopic (exact) mass is 296 g/mol. The quantitative estimate of drug-likeness (QED) is 0.720. The third kappa shape index (κ3) is 4.03. The molecule has 1 aromatic rings. The number of H-pyrrole nitrogens is 1. The van der Waals surface area contributed by atoms with E-state index in [1.807, 2.05) is 7.05 Å². The van der Waals surface area contributed by atoms with E-state index in [2.05, 4.69) is 15.1 Å². The molecule has 7 nitrogen and oxygen atoms in total. The average Bonchev–Trinajstić information content (AvgIpc) is 3.13. The Balaban J connectivity index is 1.92. The van der Waals surface area contributed by atoms with Crippen LogP contribution in [-0.2, 0) is 4.74 Å². The first-order valence-corrected chi connectivity index (χ1v) is 7.22. The van der Waals surface area contributed by atoms with Crippen LogP contribution < -0.4 is 0 Å². The van der Waals surface area contributed by atoms with Gasteiger partial charge in [0.05, 0.1) is 6.61 Å². The first-order valence-electron chi connectivity index (χ1n) is 7.22. The van der Waals surface area contributed by atoms with E-state index in [0.717, 1.165) is 13.1 Å². The van der Waals surface area contributed by atoms with Crippen LogP contribution in [0.5, 0.6) is 0 Å². The summed E-state index contributed by atoms with van der Waals surface area (Å²) in [6.07, 6.45) is 1.57. The summed E-state index contributed by atoms with van der Waals surface area (Å²) in [7, 11) is 3.72. The number of aliphatic hydroxyl groups is 1. The number of aromatic amines is 1. The molecule has 0 spiro atoms. The topological polar surface area (TPSA) is 81.7 Å². The van der Waals surface area contributed by atoms with Gasteiger partial charge in [0.1, 0.15) is 5.69 Å². The molecular weight excluding hydrogens is 272 g/mol. The Morgan fingerprint density at radius 2 is 2.33 bits per heavy atom. The van der Waals surface area contributed by atoms with E-state index in [-0.39, 0.29) is 24.3 Å². The van der Waals surface area contributed by atoms with Gasteiger partial charge >= 0.3 is 0 Å². The predicted octanol–water partition coefficient (Wildman–Crippen LogP) is -0.332. The van der Waals surface area contributed by atoms with Gasteiger partial charge in [0.15, 0.2) is 0 Å². The van der Waals surface area contributed by atoms with Crippen LogP contribution in [0.2, 0.25) is 0 Å². The number of hydrogen-bond donors (Lipinski definition) is 2. The average molecular weight is 296 g/mol. The van der Waals surface area contributed by atoms with Gasteiger partial charge in [-0.3, -0.25) is 9.89 Å². The highest BCUT2D eigenvalue weighted by molar-refractivity contribution is 5.92. The van der Waals surface area contributed by atoms with Crippen LogP contribution in [0, 0.1) is 11.8 Å². The van der Waals surface area contributed by atoms with Crippen LogP contribution >= 0.6 is 0 Å². The molecule has 0 aromatic carbocycles. The molecule has 1 aromatic heterocycles. The standard InChI is InChI=1S/C14H24N4O3/c1-17(5-6-21-2)7-11-8-18(9-12(11)10-19)14(20)13-3-4-15-16-13/h3-4,11-12,19H,5-10H2,1-2H3,(H,15,16)/t11-,12-/m1/s1. The van der Waals surface area contributed by atoms with Crippen molar-refractivity contribution in [2.75, 3.05) is 53.6 Å². The third-order valence-corrected chi connectivity index (χ3v) is 4.05. The van der Waals surface area contributed by atoms with Crippen LogP contribution in [0.15, 0.2) is 12.3 Å². The summed E-state index contributed by atoms with van der Waals surface area (Å²) in [6, 6.07) is 1.67. The number of aromatic nitrogens is 2. The zero-order valence-electron chi connectivity index (χ0n) is 12.7. The fourth-order valence-electron chi connectivity index (χ4n) is 2.80.